The van der Waals surface area contributed by atoms with Crippen molar-refractivity contribution in [3.63, 3.8) is 0 Å². The minimum absolute atomic E-state index is 0.139. The highest BCUT2D eigenvalue weighted by Gasteiger charge is 2.09. The van der Waals surface area contributed by atoms with Crippen molar-refractivity contribution in [2.24, 2.45) is 0 Å². The molecule has 1 unspecified atom stereocenters. The second kappa shape index (κ2) is 5.72. The van der Waals surface area contributed by atoms with Gasteiger partial charge in [0.2, 0.25) is 5.95 Å². The van der Waals surface area contributed by atoms with E-state index in [4.69, 9.17) is 15.6 Å². The van der Waals surface area contributed by atoms with Crippen LogP contribution >= 0.6 is 11.8 Å². The number of nitrogens with two attached hydrogens (primary N) is 1. The number of aromatic nitrogens is 3. The van der Waals surface area contributed by atoms with Crippen molar-refractivity contribution in [1.82, 2.24) is 15.0 Å². The van der Waals surface area contributed by atoms with Crippen molar-refractivity contribution >= 4 is 17.7 Å². The molecule has 7 heteroatoms. The van der Waals surface area contributed by atoms with Crippen molar-refractivity contribution in [2.75, 3.05) is 19.5 Å². The number of nitrogens with zero attached hydrogens (tertiary/aromatic N) is 3. The predicted molar refractivity (Wildman–Crippen MR) is 57.8 cm³/mol. The number of methoxy groups -OCH3 is 1. The maximum absolute atomic E-state index is 8.75. The Labute approximate surface area is 92.3 Å². The fraction of sp³-hybridized carbons (Fsp3) is 0.625. The smallest absolute Gasteiger partial charge is 0.321 e. The Morgan fingerprint density at radius 1 is 1.47 bits per heavy atom. The largest absolute Gasteiger partial charge is 0.467 e. The van der Waals surface area contributed by atoms with Gasteiger partial charge in [0.25, 0.3) is 0 Å². The van der Waals surface area contributed by atoms with Gasteiger partial charge >= 0.3 is 6.01 Å². The summed E-state index contributed by atoms with van der Waals surface area (Å²) in [5, 5.41) is 9.49. The molecule has 6 nitrogen and oxygen atoms in total. The molecule has 0 aromatic carbocycles. The fourth-order valence-electron chi connectivity index (χ4n) is 0.917. The molecule has 0 aliphatic carbocycles. The molecule has 3 N–H and O–H groups in total. The van der Waals surface area contributed by atoms with Crippen LogP contribution in [0.25, 0.3) is 0 Å². The van der Waals surface area contributed by atoms with Gasteiger partial charge in [0.1, 0.15) is 0 Å². The number of thioether (sulfide) groups is 1. The molecular weight excluding hydrogens is 216 g/mol. The van der Waals surface area contributed by atoms with Crippen LogP contribution in [-0.2, 0) is 0 Å². The van der Waals surface area contributed by atoms with E-state index < -0.39 is 0 Å². The lowest BCUT2D eigenvalue weighted by Gasteiger charge is -2.08. The zero-order valence-electron chi connectivity index (χ0n) is 8.67. The van der Waals surface area contributed by atoms with Crippen molar-refractivity contribution in [2.45, 2.75) is 23.8 Å². The van der Waals surface area contributed by atoms with Gasteiger partial charge in [0.05, 0.1) is 7.11 Å². The number of anilines is 1. The monoisotopic (exact) mass is 230 g/mol. The first-order valence-electron chi connectivity index (χ1n) is 4.48. The lowest BCUT2D eigenvalue weighted by atomic mass is 10.4. The quantitative estimate of drug-likeness (QED) is 0.704. The number of ether oxygens (including phenoxy) is 1. The molecule has 0 saturated heterocycles. The van der Waals surface area contributed by atoms with E-state index in [0.29, 0.717) is 11.6 Å². The van der Waals surface area contributed by atoms with E-state index in [1.165, 1.54) is 18.9 Å². The molecule has 1 aromatic heterocycles. The molecule has 0 aliphatic rings. The van der Waals surface area contributed by atoms with E-state index >= 15 is 0 Å². The van der Waals surface area contributed by atoms with Gasteiger partial charge in [-0.2, -0.15) is 15.0 Å². The van der Waals surface area contributed by atoms with Crippen LogP contribution in [0.15, 0.2) is 5.16 Å². The van der Waals surface area contributed by atoms with E-state index in [-0.39, 0.29) is 23.8 Å². The molecule has 0 radical (unpaired) electrons. The van der Waals surface area contributed by atoms with Crippen LogP contribution < -0.4 is 10.5 Å². The third-order valence-electron chi connectivity index (χ3n) is 1.64. The number of aliphatic hydroxyl groups excluding tert-OH is 1. The predicted octanol–water partition coefficient (Wildman–Crippen LogP) is 0.325. The Balaban J connectivity index is 2.71. The van der Waals surface area contributed by atoms with Crippen molar-refractivity contribution in [3.05, 3.63) is 0 Å². The second-order valence-corrected chi connectivity index (χ2v) is 4.31. The van der Waals surface area contributed by atoms with Crippen molar-refractivity contribution in [3.8, 4) is 6.01 Å². The van der Waals surface area contributed by atoms with E-state index in [1.807, 2.05) is 6.92 Å². The number of aliphatic hydroxyl groups is 1. The number of rotatable bonds is 5. The van der Waals surface area contributed by atoms with E-state index in [2.05, 4.69) is 15.0 Å². The summed E-state index contributed by atoms with van der Waals surface area (Å²) < 4.78 is 4.87. The molecule has 0 bridgehead atoms. The summed E-state index contributed by atoms with van der Waals surface area (Å²) in [6.07, 6.45) is 0.679. The van der Waals surface area contributed by atoms with Crippen molar-refractivity contribution < 1.29 is 9.84 Å². The summed E-state index contributed by atoms with van der Waals surface area (Å²) in [7, 11) is 1.47. The third kappa shape index (κ3) is 3.88. The van der Waals surface area contributed by atoms with Gasteiger partial charge in [-0.3, -0.25) is 0 Å². The van der Waals surface area contributed by atoms with Crippen LogP contribution in [0.4, 0.5) is 5.95 Å². The molecule has 1 atom stereocenters. The topological polar surface area (TPSA) is 94.2 Å². The molecule has 0 spiro atoms. The van der Waals surface area contributed by atoms with Crippen molar-refractivity contribution in [1.29, 1.82) is 0 Å². The highest BCUT2D eigenvalue weighted by molar-refractivity contribution is 7.99. The Morgan fingerprint density at radius 3 is 2.80 bits per heavy atom. The Hall–Kier alpha value is -1.08. The molecule has 84 valence electrons. The number of hydrogen-bond acceptors (Lipinski definition) is 7. The summed E-state index contributed by atoms with van der Waals surface area (Å²) in [5.74, 6) is 0.139. The second-order valence-electron chi connectivity index (χ2n) is 2.90. The summed E-state index contributed by atoms with van der Waals surface area (Å²) in [6.45, 7) is 2.12. The summed E-state index contributed by atoms with van der Waals surface area (Å²) in [6, 6.07) is 0.209. The fourth-order valence-corrected chi connectivity index (χ4v) is 1.78. The standard InChI is InChI=1S/C8H14N4O2S/c1-5(3-4-13)15-8-11-6(9)10-7(12-8)14-2/h5,13H,3-4H2,1-2H3,(H2,9,10,11,12). The highest BCUT2D eigenvalue weighted by atomic mass is 32.2. The maximum atomic E-state index is 8.75. The number of hydrogen-bond donors (Lipinski definition) is 2. The van der Waals surface area contributed by atoms with E-state index in [9.17, 15) is 0 Å². The molecule has 0 fully saturated rings. The average Bonchev–Trinajstić information content (AvgIpc) is 2.17. The Morgan fingerprint density at radius 2 is 2.20 bits per heavy atom. The lowest BCUT2D eigenvalue weighted by Crippen LogP contribution is -2.05. The van der Waals surface area contributed by atoms with Crippen LogP contribution in [0.1, 0.15) is 13.3 Å². The minimum atomic E-state index is 0.139. The first-order valence-corrected chi connectivity index (χ1v) is 5.36. The average molecular weight is 230 g/mol. The first-order chi connectivity index (χ1) is 7.15. The molecule has 0 amide bonds. The molecular formula is C8H14N4O2S. The van der Waals surface area contributed by atoms with Crippen LogP contribution in [0.2, 0.25) is 0 Å². The lowest BCUT2D eigenvalue weighted by molar-refractivity contribution is 0.289. The molecule has 1 rings (SSSR count). The van der Waals surface area contributed by atoms with Gasteiger partial charge in [0, 0.05) is 11.9 Å². The molecule has 1 heterocycles. The van der Waals surface area contributed by atoms with Gasteiger partial charge in [-0.1, -0.05) is 18.7 Å². The van der Waals surface area contributed by atoms with Gasteiger partial charge in [-0.15, -0.1) is 0 Å². The van der Waals surface area contributed by atoms with Gasteiger partial charge in [-0.05, 0) is 6.42 Å². The zero-order chi connectivity index (χ0) is 11.3. The Bertz CT molecular complexity index is 324. The third-order valence-corrected chi connectivity index (χ3v) is 2.67. The van der Waals surface area contributed by atoms with E-state index in [1.54, 1.807) is 0 Å². The van der Waals surface area contributed by atoms with Crippen LogP contribution in [-0.4, -0.2) is 39.0 Å². The molecule has 0 saturated carbocycles. The van der Waals surface area contributed by atoms with Crippen LogP contribution in [0.5, 0.6) is 6.01 Å². The van der Waals surface area contributed by atoms with Crippen LogP contribution in [0.3, 0.4) is 0 Å². The molecule has 15 heavy (non-hydrogen) atoms. The SMILES string of the molecule is COc1nc(N)nc(SC(C)CCO)n1. The van der Waals surface area contributed by atoms with Crippen LogP contribution in [0, 0.1) is 0 Å². The normalized spacial score (nSPS) is 12.5. The summed E-state index contributed by atoms with van der Waals surface area (Å²) >= 11 is 1.43. The summed E-state index contributed by atoms with van der Waals surface area (Å²) in [4.78, 5) is 11.8. The molecule has 1 aromatic rings. The minimum Gasteiger partial charge on any atom is -0.467 e. The molecule has 0 aliphatic heterocycles. The zero-order valence-corrected chi connectivity index (χ0v) is 9.49. The van der Waals surface area contributed by atoms with E-state index in [0.717, 1.165) is 0 Å². The number of nitrogen functional groups attached to an aromatic ring is 1. The Kier molecular flexibility index (Phi) is 4.57. The maximum Gasteiger partial charge on any atom is 0.321 e. The first kappa shape index (κ1) is 12.0. The highest BCUT2D eigenvalue weighted by Crippen LogP contribution is 2.22. The van der Waals surface area contributed by atoms with Gasteiger partial charge in [0.15, 0.2) is 5.16 Å². The summed E-state index contributed by atoms with van der Waals surface area (Å²) in [5.41, 5.74) is 5.48. The van der Waals surface area contributed by atoms with Gasteiger partial charge < -0.3 is 15.6 Å². The van der Waals surface area contributed by atoms with Gasteiger partial charge in [-0.25, -0.2) is 0 Å².